The van der Waals surface area contributed by atoms with E-state index in [-0.39, 0.29) is 11.4 Å². The van der Waals surface area contributed by atoms with Crippen molar-refractivity contribution in [3.05, 3.63) is 23.8 Å². The molecule has 1 aliphatic rings. The lowest BCUT2D eigenvalue weighted by atomic mass is 9.90. The molecule has 1 aliphatic carbocycles. The van der Waals surface area contributed by atoms with E-state index in [9.17, 15) is 13.2 Å². The molecule has 106 valence electrons. The second kappa shape index (κ2) is 5.72. The summed E-state index contributed by atoms with van der Waals surface area (Å²) in [6.45, 7) is 0.354. The van der Waals surface area contributed by atoms with Crippen LogP contribution in [0.5, 0.6) is 5.75 Å². The van der Waals surface area contributed by atoms with Gasteiger partial charge in [0.25, 0.3) is 0 Å². The fourth-order valence-electron chi connectivity index (χ4n) is 2.46. The number of nitrogen functional groups attached to an aromatic ring is 1. The Morgan fingerprint density at radius 1 is 1.16 bits per heavy atom. The van der Waals surface area contributed by atoms with Crippen molar-refractivity contribution in [2.45, 2.75) is 38.3 Å². The molecule has 0 radical (unpaired) electrons. The van der Waals surface area contributed by atoms with Gasteiger partial charge in [0.2, 0.25) is 0 Å². The second-order valence-corrected chi connectivity index (χ2v) is 5.07. The molecule has 0 bridgehead atoms. The topological polar surface area (TPSA) is 35.2 Å². The first kappa shape index (κ1) is 14.0. The molecule has 0 amide bonds. The van der Waals surface area contributed by atoms with Crippen LogP contribution in [0.4, 0.5) is 18.9 Å². The Bertz CT molecular complexity index is 425. The minimum absolute atomic E-state index is 0.0948. The van der Waals surface area contributed by atoms with E-state index in [1.54, 1.807) is 0 Å². The Morgan fingerprint density at radius 3 is 2.47 bits per heavy atom. The summed E-state index contributed by atoms with van der Waals surface area (Å²) >= 11 is 0. The Labute approximate surface area is 110 Å². The van der Waals surface area contributed by atoms with Crippen LogP contribution in [0.3, 0.4) is 0 Å². The minimum atomic E-state index is -4.43. The Morgan fingerprint density at radius 2 is 1.84 bits per heavy atom. The van der Waals surface area contributed by atoms with E-state index in [2.05, 4.69) is 0 Å². The molecule has 0 atom stereocenters. The molecule has 1 fully saturated rings. The molecule has 1 aromatic rings. The molecule has 0 aliphatic heterocycles. The van der Waals surface area contributed by atoms with Crippen molar-refractivity contribution in [1.82, 2.24) is 0 Å². The average Bonchev–Trinajstić information content (AvgIpc) is 2.37. The molecule has 0 spiro atoms. The van der Waals surface area contributed by atoms with Crippen molar-refractivity contribution in [3.63, 3.8) is 0 Å². The van der Waals surface area contributed by atoms with Gasteiger partial charge >= 0.3 is 6.18 Å². The predicted octanol–water partition coefficient (Wildman–Crippen LogP) is 4.25. The number of hydrogen-bond acceptors (Lipinski definition) is 2. The van der Waals surface area contributed by atoms with Gasteiger partial charge in [0, 0.05) is 5.69 Å². The van der Waals surface area contributed by atoms with Crippen LogP contribution in [0.15, 0.2) is 18.2 Å². The highest BCUT2D eigenvalue weighted by molar-refractivity contribution is 5.49. The van der Waals surface area contributed by atoms with Gasteiger partial charge in [-0.1, -0.05) is 19.3 Å². The Hall–Kier alpha value is -1.39. The average molecular weight is 273 g/mol. The molecule has 1 saturated carbocycles. The zero-order chi connectivity index (χ0) is 13.9. The van der Waals surface area contributed by atoms with E-state index in [0.29, 0.717) is 12.5 Å². The van der Waals surface area contributed by atoms with Gasteiger partial charge in [-0.05, 0) is 37.0 Å². The number of ether oxygens (including phenoxy) is 1. The van der Waals surface area contributed by atoms with Crippen molar-refractivity contribution in [2.75, 3.05) is 12.3 Å². The standard InChI is InChI=1S/C14H18F3NO/c15-14(16,17)12-8-11(18)6-7-13(12)19-9-10-4-2-1-3-5-10/h6-8,10H,1-5,9,18H2. The smallest absolute Gasteiger partial charge is 0.420 e. The summed E-state index contributed by atoms with van der Waals surface area (Å²) in [5, 5.41) is 0. The van der Waals surface area contributed by atoms with Crippen molar-refractivity contribution < 1.29 is 17.9 Å². The second-order valence-electron chi connectivity index (χ2n) is 5.07. The Kier molecular flexibility index (Phi) is 4.22. The van der Waals surface area contributed by atoms with E-state index in [0.717, 1.165) is 31.7 Å². The molecule has 2 N–H and O–H groups in total. The molecule has 1 aromatic carbocycles. The number of alkyl halides is 3. The number of nitrogens with two attached hydrogens (primary N) is 1. The van der Waals surface area contributed by atoms with Gasteiger partial charge in [0.15, 0.2) is 0 Å². The summed E-state index contributed by atoms with van der Waals surface area (Å²) in [6, 6.07) is 3.67. The van der Waals surface area contributed by atoms with Crippen LogP contribution in [0, 0.1) is 5.92 Å². The number of benzene rings is 1. The van der Waals surface area contributed by atoms with Gasteiger partial charge in [-0.15, -0.1) is 0 Å². The van der Waals surface area contributed by atoms with Crippen LogP contribution < -0.4 is 10.5 Å². The third-order valence-corrected chi connectivity index (χ3v) is 3.51. The van der Waals surface area contributed by atoms with E-state index in [1.165, 1.54) is 18.6 Å². The molecule has 2 rings (SSSR count). The highest BCUT2D eigenvalue weighted by atomic mass is 19.4. The highest BCUT2D eigenvalue weighted by Gasteiger charge is 2.34. The van der Waals surface area contributed by atoms with Gasteiger partial charge < -0.3 is 10.5 Å². The summed E-state index contributed by atoms with van der Waals surface area (Å²) < 4.78 is 44.0. The summed E-state index contributed by atoms with van der Waals surface area (Å²) in [6.07, 6.45) is 1.14. The summed E-state index contributed by atoms with van der Waals surface area (Å²) in [5.74, 6) is 0.250. The van der Waals surface area contributed by atoms with Crippen LogP contribution in [0.25, 0.3) is 0 Å². The zero-order valence-corrected chi connectivity index (χ0v) is 10.7. The molecule has 0 heterocycles. The maximum Gasteiger partial charge on any atom is 0.420 e. The summed E-state index contributed by atoms with van der Waals surface area (Å²) in [7, 11) is 0. The van der Waals surface area contributed by atoms with Crippen molar-refractivity contribution >= 4 is 5.69 Å². The zero-order valence-electron chi connectivity index (χ0n) is 10.7. The van der Waals surface area contributed by atoms with Crippen LogP contribution in [0.2, 0.25) is 0 Å². The molecule has 0 unspecified atom stereocenters. The first-order chi connectivity index (χ1) is 8.97. The maximum absolute atomic E-state index is 12.9. The third kappa shape index (κ3) is 3.78. The Balaban J connectivity index is 2.06. The van der Waals surface area contributed by atoms with Crippen LogP contribution >= 0.6 is 0 Å². The lowest BCUT2D eigenvalue weighted by molar-refractivity contribution is -0.139. The molecule has 19 heavy (non-hydrogen) atoms. The van der Waals surface area contributed by atoms with Crippen LogP contribution in [-0.4, -0.2) is 6.61 Å². The van der Waals surface area contributed by atoms with Crippen molar-refractivity contribution in [1.29, 1.82) is 0 Å². The van der Waals surface area contributed by atoms with Crippen LogP contribution in [-0.2, 0) is 6.18 Å². The van der Waals surface area contributed by atoms with E-state index in [1.807, 2.05) is 0 Å². The minimum Gasteiger partial charge on any atom is -0.493 e. The quantitative estimate of drug-likeness (QED) is 0.836. The monoisotopic (exact) mass is 273 g/mol. The first-order valence-corrected chi connectivity index (χ1v) is 6.56. The predicted molar refractivity (Wildman–Crippen MR) is 67.9 cm³/mol. The third-order valence-electron chi connectivity index (χ3n) is 3.51. The lowest BCUT2D eigenvalue weighted by Crippen LogP contribution is -2.17. The van der Waals surface area contributed by atoms with E-state index in [4.69, 9.17) is 10.5 Å². The maximum atomic E-state index is 12.9. The van der Waals surface area contributed by atoms with Gasteiger partial charge in [0.1, 0.15) is 5.75 Å². The summed E-state index contributed by atoms with van der Waals surface area (Å²) in [5.41, 5.74) is 4.71. The molecular formula is C14H18F3NO. The lowest BCUT2D eigenvalue weighted by Gasteiger charge is -2.23. The summed E-state index contributed by atoms with van der Waals surface area (Å²) in [4.78, 5) is 0. The van der Waals surface area contributed by atoms with E-state index < -0.39 is 11.7 Å². The SMILES string of the molecule is Nc1ccc(OCC2CCCCC2)c(C(F)(F)F)c1. The number of rotatable bonds is 3. The highest BCUT2D eigenvalue weighted by Crippen LogP contribution is 2.38. The molecule has 2 nitrogen and oxygen atoms in total. The molecule has 5 heteroatoms. The van der Waals surface area contributed by atoms with E-state index >= 15 is 0 Å². The van der Waals surface area contributed by atoms with Crippen molar-refractivity contribution in [3.8, 4) is 5.75 Å². The molecule has 0 aromatic heterocycles. The number of halogens is 3. The van der Waals surface area contributed by atoms with Crippen LogP contribution in [0.1, 0.15) is 37.7 Å². The first-order valence-electron chi connectivity index (χ1n) is 6.56. The van der Waals surface area contributed by atoms with Gasteiger partial charge in [-0.25, -0.2) is 0 Å². The fraction of sp³-hybridized carbons (Fsp3) is 0.571. The molecular weight excluding hydrogens is 255 g/mol. The largest absolute Gasteiger partial charge is 0.493 e. The van der Waals surface area contributed by atoms with Gasteiger partial charge in [-0.2, -0.15) is 13.2 Å². The van der Waals surface area contributed by atoms with Crippen molar-refractivity contribution in [2.24, 2.45) is 5.92 Å². The fourth-order valence-corrected chi connectivity index (χ4v) is 2.46. The number of anilines is 1. The van der Waals surface area contributed by atoms with Gasteiger partial charge in [-0.3, -0.25) is 0 Å². The normalized spacial score (nSPS) is 17.4. The van der Waals surface area contributed by atoms with Gasteiger partial charge in [0.05, 0.1) is 12.2 Å². The number of hydrogen-bond donors (Lipinski definition) is 1. The molecule has 0 saturated heterocycles.